The van der Waals surface area contributed by atoms with Gasteiger partial charge < -0.3 is 26.7 Å². The van der Waals surface area contributed by atoms with Crippen molar-refractivity contribution in [3.63, 3.8) is 0 Å². The Balaban J connectivity index is 1.50. The molecule has 1 unspecified atom stereocenters. The van der Waals surface area contributed by atoms with E-state index in [4.69, 9.17) is 11.5 Å². The summed E-state index contributed by atoms with van der Waals surface area (Å²) >= 11 is 0. The van der Waals surface area contributed by atoms with Gasteiger partial charge in [0.25, 0.3) is 0 Å². The molecule has 4 aromatic rings. The maximum absolute atomic E-state index is 11.5. The zero-order valence-electron chi connectivity index (χ0n) is 19.6. The number of nitrogens with zero attached hydrogens (tertiary/aromatic N) is 3. The predicted molar refractivity (Wildman–Crippen MR) is 138 cm³/mol. The van der Waals surface area contributed by atoms with Crippen molar-refractivity contribution in [1.82, 2.24) is 20.3 Å². The van der Waals surface area contributed by atoms with Gasteiger partial charge in [-0.2, -0.15) is 15.0 Å². The Hall–Kier alpha value is -4.41. The standard InChI is InChI=1S/C26H27N7O3/c1-15(19-11-10-17-4-2-3-5-20(17)13-19)29-26-32-23(31-25(28)33-26)18-8-6-16(7-9-18)12-21(24(35)36)30-22(27)14-34/h2-11,13-15,21-22,30H,12,27H2,1H3,(H,35,36)(H3,28,29,31,32,33)/t15-,21+,22?/m1/s1. The number of carbonyl (C=O) groups is 2. The van der Waals surface area contributed by atoms with Crippen LogP contribution in [0.3, 0.4) is 0 Å². The van der Waals surface area contributed by atoms with Gasteiger partial charge in [-0.25, -0.2) is 0 Å². The second-order valence-electron chi connectivity index (χ2n) is 8.43. The molecule has 7 N–H and O–H groups in total. The zero-order valence-corrected chi connectivity index (χ0v) is 19.6. The van der Waals surface area contributed by atoms with E-state index in [0.29, 0.717) is 23.6 Å². The topological polar surface area (TPSA) is 169 Å². The Morgan fingerprint density at radius 1 is 1.03 bits per heavy atom. The van der Waals surface area contributed by atoms with Crippen molar-refractivity contribution >= 4 is 34.9 Å². The van der Waals surface area contributed by atoms with Crippen LogP contribution in [0.2, 0.25) is 0 Å². The van der Waals surface area contributed by atoms with Gasteiger partial charge in [0.05, 0.1) is 6.04 Å². The zero-order chi connectivity index (χ0) is 25.7. The van der Waals surface area contributed by atoms with Gasteiger partial charge in [-0.15, -0.1) is 0 Å². The van der Waals surface area contributed by atoms with E-state index < -0.39 is 18.2 Å². The van der Waals surface area contributed by atoms with E-state index in [0.717, 1.165) is 16.5 Å². The highest BCUT2D eigenvalue weighted by molar-refractivity contribution is 5.83. The first-order chi connectivity index (χ1) is 17.3. The molecule has 0 fully saturated rings. The molecule has 3 atom stereocenters. The summed E-state index contributed by atoms with van der Waals surface area (Å²) in [6, 6.07) is 20.4. The van der Waals surface area contributed by atoms with Gasteiger partial charge in [0.2, 0.25) is 11.9 Å². The highest BCUT2D eigenvalue weighted by Gasteiger charge is 2.20. The van der Waals surface area contributed by atoms with Crippen LogP contribution in [0.5, 0.6) is 0 Å². The minimum atomic E-state index is -1.10. The molecule has 10 nitrogen and oxygen atoms in total. The number of carboxylic acid groups (broad SMARTS) is 1. The van der Waals surface area contributed by atoms with Crippen LogP contribution >= 0.6 is 0 Å². The lowest BCUT2D eigenvalue weighted by molar-refractivity contribution is -0.139. The summed E-state index contributed by atoms with van der Waals surface area (Å²) in [7, 11) is 0. The monoisotopic (exact) mass is 485 g/mol. The van der Waals surface area contributed by atoms with Crippen LogP contribution < -0.4 is 22.1 Å². The summed E-state index contributed by atoms with van der Waals surface area (Å²) < 4.78 is 0. The third-order valence-corrected chi connectivity index (χ3v) is 5.76. The fraction of sp³-hybridized carbons (Fsp3) is 0.192. The molecule has 0 aliphatic carbocycles. The first-order valence-corrected chi connectivity index (χ1v) is 11.4. The summed E-state index contributed by atoms with van der Waals surface area (Å²) in [5.41, 5.74) is 14.0. The van der Waals surface area contributed by atoms with Crippen molar-refractivity contribution in [3.8, 4) is 11.4 Å². The highest BCUT2D eigenvalue weighted by Crippen LogP contribution is 2.24. The van der Waals surface area contributed by atoms with Crippen LogP contribution in [0.25, 0.3) is 22.2 Å². The van der Waals surface area contributed by atoms with Crippen LogP contribution in [0.4, 0.5) is 11.9 Å². The van der Waals surface area contributed by atoms with Gasteiger partial charge in [0.1, 0.15) is 12.2 Å². The molecule has 1 aromatic heterocycles. The molecule has 0 saturated heterocycles. The maximum Gasteiger partial charge on any atom is 0.321 e. The Labute approximate surface area is 207 Å². The van der Waals surface area contributed by atoms with Crippen LogP contribution in [-0.4, -0.2) is 44.5 Å². The Bertz CT molecular complexity index is 1380. The Kier molecular flexibility index (Phi) is 7.47. The summed E-state index contributed by atoms with van der Waals surface area (Å²) in [5, 5.41) is 17.6. The average molecular weight is 486 g/mol. The van der Waals surface area contributed by atoms with Crippen molar-refractivity contribution in [2.75, 3.05) is 11.1 Å². The first kappa shape index (κ1) is 24.7. The number of aliphatic carboxylic acids is 1. The van der Waals surface area contributed by atoms with Crippen molar-refractivity contribution in [2.24, 2.45) is 5.73 Å². The number of hydrogen-bond donors (Lipinski definition) is 5. The molecular weight excluding hydrogens is 458 g/mol. The summed E-state index contributed by atoms with van der Waals surface area (Å²) in [4.78, 5) is 35.3. The number of fused-ring (bicyclic) bond motifs is 1. The van der Waals surface area contributed by atoms with Crippen molar-refractivity contribution in [3.05, 3.63) is 77.9 Å². The number of nitrogens with one attached hydrogen (secondary N) is 2. The second kappa shape index (κ2) is 10.9. The fourth-order valence-corrected chi connectivity index (χ4v) is 3.85. The number of anilines is 2. The summed E-state index contributed by atoms with van der Waals surface area (Å²) in [6.45, 7) is 2.02. The summed E-state index contributed by atoms with van der Waals surface area (Å²) in [5.74, 6) is -0.286. The van der Waals surface area contributed by atoms with Crippen molar-refractivity contribution in [2.45, 2.75) is 31.6 Å². The van der Waals surface area contributed by atoms with Crippen molar-refractivity contribution in [1.29, 1.82) is 0 Å². The summed E-state index contributed by atoms with van der Waals surface area (Å²) in [6.07, 6.45) is -0.454. The fourth-order valence-electron chi connectivity index (χ4n) is 3.85. The molecule has 36 heavy (non-hydrogen) atoms. The lowest BCUT2D eigenvalue weighted by Gasteiger charge is -2.17. The molecule has 0 aliphatic heterocycles. The number of aromatic nitrogens is 3. The number of rotatable bonds is 10. The SMILES string of the molecule is C[C@@H](Nc1nc(N)nc(-c2ccc(C[C@H](NC(N)C=O)C(=O)O)cc2)n1)c1ccc2ccccc2c1. The number of carboxylic acids is 1. The molecule has 0 radical (unpaired) electrons. The van der Waals surface area contributed by atoms with Gasteiger partial charge in [0, 0.05) is 5.56 Å². The Morgan fingerprint density at radius 3 is 2.44 bits per heavy atom. The van der Waals surface area contributed by atoms with Gasteiger partial charge in [0.15, 0.2) is 12.1 Å². The van der Waals surface area contributed by atoms with Gasteiger partial charge in [-0.05, 0) is 41.3 Å². The van der Waals surface area contributed by atoms with Gasteiger partial charge in [-0.3, -0.25) is 10.1 Å². The molecule has 184 valence electrons. The van der Waals surface area contributed by atoms with E-state index in [9.17, 15) is 14.7 Å². The van der Waals surface area contributed by atoms with Crippen LogP contribution in [0, 0.1) is 0 Å². The molecule has 0 amide bonds. The number of benzene rings is 3. The quantitative estimate of drug-likeness (QED) is 0.166. The molecule has 4 rings (SSSR count). The third-order valence-electron chi connectivity index (χ3n) is 5.76. The first-order valence-electron chi connectivity index (χ1n) is 11.4. The van der Waals surface area contributed by atoms with E-state index in [1.807, 2.05) is 19.1 Å². The number of nitrogens with two attached hydrogens (primary N) is 2. The minimum absolute atomic E-state index is 0.0789. The van der Waals surface area contributed by atoms with E-state index in [1.54, 1.807) is 24.3 Å². The molecule has 1 heterocycles. The lowest BCUT2D eigenvalue weighted by atomic mass is 10.0. The average Bonchev–Trinajstić information content (AvgIpc) is 2.87. The second-order valence-corrected chi connectivity index (χ2v) is 8.43. The number of nitrogen functional groups attached to an aromatic ring is 1. The van der Waals surface area contributed by atoms with Crippen LogP contribution in [-0.2, 0) is 16.0 Å². The molecular formula is C26H27N7O3. The van der Waals surface area contributed by atoms with Crippen molar-refractivity contribution < 1.29 is 14.7 Å². The molecule has 0 spiro atoms. The molecule has 0 aliphatic rings. The van der Waals surface area contributed by atoms with E-state index in [2.05, 4.69) is 55.9 Å². The predicted octanol–water partition coefficient (Wildman–Crippen LogP) is 2.52. The van der Waals surface area contributed by atoms with E-state index in [1.165, 1.54) is 5.39 Å². The normalized spacial score (nSPS) is 13.6. The maximum atomic E-state index is 11.5. The molecule has 0 saturated carbocycles. The largest absolute Gasteiger partial charge is 0.480 e. The highest BCUT2D eigenvalue weighted by atomic mass is 16.4. The van der Waals surface area contributed by atoms with Crippen LogP contribution in [0.15, 0.2) is 66.7 Å². The molecule has 10 heteroatoms. The number of aldehydes is 1. The van der Waals surface area contributed by atoms with E-state index >= 15 is 0 Å². The van der Waals surface area contributed by atoms with Crippen LogP contribution in [0.1, 0.15) is 24.1 Å². The van der Waals surface area contributed by atoms with Gasteiger partial charge >= 0.3 is 5.97 Å². The third kappa shape index (κ3) is 5.98. The smallest absolute Gasteiger partial charge is 0.321 e. The Morgan fingerprint density at radius 2 is 1.75 bits per heavy atom. The minimum Gasteiger partial charge on any atom is -0.480 e. The molecule has 0 bridgehead atoms. The van der Waals surface area contributed by atoms with E-state index in [-0.39, 0.29) is 18.4 Å². The number of carbonyl (C=O) groups excluding carboxylic acids is 1. The molecule has 3 aromatic carbocycles. The lowest BCUT2D eigenvalue weighted by Crippen LogP contribution is -2.49. The van der Waals surface area contributed by atoms with Gasteiger partial charge in [-0.1, -0.05) is 60.7 Å². The number of hydrogen-bond acceptors (Lipinski definition) is 9.